The van der Waals surface area contributed by atoms with Crippen LogP contribution in [0.15, 0.2) is 28.7 Å². The summed E-state index contributed by atoms with van der Waals surface area (Å²) in [4.78, 5) is 0. The van der Waals surface area contributed by atoms with Gasteiger partial charge in [0.05, 0.1) is 17.4 Å². The third kappa shape index (κ3) is 2.49. The van der Waals surface area contributed by atoms with Gasteiger partial charge in [-0.15, -0.1) is 0 Å². The lowest BCUT2D eigenvalue weighted by Crippen LogP contribution is -2.26. The first-order valence-electron chi connectivity index (χ1n) is 6.97. The van der Waals surface area contributed by atoms with E-state index in [1.165, 1.54) is 12.0 Å². The normalized spacial score (nSPS) is 19.5. The van der Waals surface area contributed by atoms with Crippen molar-refractivity contribution in [3.8, 4) is 0 Å². The lowest BCUT2D eigenvalue weighted by molar-refractivity contribution is 0.208. The van der Waals surface area contributed by atoms with E-state index in [-0.39, 0.29) is 0 Å². The standard InChI is InChI=1S/C17H20ClO/c1-17(2,3)13-4-6-15-11(9-13)8-12-10-14(18)5-7-16(12)19-15/h5,7-8,10,13H,4,6,9H2,1-3H3/q+1. The fourth-order valence-electron chi connectivity index (χ4n) is 2.99. The van der Waals surface area contributed by atoms with Crippen molar-refractivity contribution in [1.29, 1.82) is 0 Å². The molecule has 1 atom stereocenters. The molecule has 1 aliphatic carbocycles. The van der Waals surface area contributed by atoms with Gasteiger partial charge >= 0.3 is 11.3 Å². The van der Waals surface area contributed by atoms with Crippen molar-refractivity contribution in [1.82, 2.24) is 0 Å². The molecule has 0 aliphatic heterocycles. The molecule has 0 bridgehead atoms. The van der Waals surface area contributed by atoms with E-state index in [1.54, 1.807) is 0 Å². The van der Waals surface area contributed by atoms with Gasteiger partial charge in [0.15, 0.2) is 0 Å². The number of hydrogen-bond donors (Lipinski definition) is 0. The average Bonchev–Trinajstić information content (AvgIpc) is 2.34. The molecule has 0 saturated carbocycles. The van der Waals surface area contributed by atoms with Crippen molar-refractivity contribution in [2.75, 3.05) is 0 Å². The van der Waals surface area contributed by atoms with Crippen LogP contribution < -0.4 is 0 Å². The first-order valence-corrected chi connectivity index (χ1v) is 7.35. The molecule has 1 aromatic heterocycles. The summed E-state index contributed by atoms with van der Waals surface area (Å²) in [6.07, 6.45) is 3.39. The third-order valence-corrected chi connectivity index (χ3v) is 4.54. The quantitative estimate of drug-likeness (QED) is 0.576. The minimum Gasteiger partial charge on any atom is -0.212 e. The van der Waals surface area contributed by atoms with E-state index in [9.17, 15) is 0 Å². The molecular weight excluding hydrogens is 256 g/mol. The van der Waals surface area contributed by atoms with E-state index in [4.69, 9.17) is 16.0 Å². The molecule has 1 unspecified atom stereocenters. The molecule has 0 amide bonds. The Labute approximate surface area is 119 Å². The summed E-state index contributed by atoms with van der Waals surface area (Å²) in [7, 11) is 0. The number of hydrogen-bond acceptors (Lipinski definition) is 0. The van der Waals surface area contributed by atoms with Crippen LogP contribution in [-0.4, -0.2) is 0 Å². The van der Waals surface area contributed by atoms with Gasteiger partial charge in [-0.3, -0.25) is 0 Å². The van der Waals surface area contributed by atoms with Crippen LogP contribution in [0.1, 0.15) is 38.5 Å². The highest BCUT2D eigenvalue weighted by molar-refractivity contribution is 6.31. The topological polar surface area (TPSA) is 11.3 Å². The molecule has 1 aliphatic rings. The Morgan fingerprint density at radius 1 is 1.21 bits per heavy atom. The Kier molecular flexibility index (Phi) is 3.05. The molecule has 1 heterocycles. The van der Waals surface area contributed by atoms with Crippen LogP contribution in [0, 0.1) is 11.3 Å². The lowest BCUT2D eigenvalue weighted by atomic mass is 9.72. The highest BCUT2D eigenvalue weighted by Crippen LogP contribution is 2.38. The summed E-state index contributed by atoms with van der Waals surface area (Å²) < 4.78 is 6.04. The number of halogens is 1. The van der Waals surface area contributed by atoms with Crippen LogP contribution in [0.2, 0.25) is 5.02 Å². The summed E-state index contributed by atoms with van der Waals surface area (Å²) in [6.45, 7) is 6.99. The van der Waals surface area contributed by atoms with Gasteiger partial charge in [-0.2, -0.15) is 0 Å². The van der Waals surface area contributed by atoms with Crippen LogP contribution >= 0.6 is 11.6 Å². The summed E-state index contributed by atoms with van der Waals surface area (Å²) in [5.74, 6) is 1.89. The summed E-state index contributed by atoms with van der Waals surface area (Å²) in [5.41, 5.74) is 2.67. The number of fused-ring (bicyclic) bond motifs is 2. The van der Waals surface area contributed by atoms with Crippen molar-refractivity contribution in [2.45, 2.75) is 40.0 Å². The van der Waals surface area contributed by atoms with Crippen LogP contribution in [-0.2, 0) is 12.8 Å². The predicted molar refractivity (Wildman–Crippen MR) is 80.6 cm³/mol. The van der Waals surface area contributed by atoms with E-state index < -0.39 is 0 Å². The van der Waals surface area contributed by atoms with Gasteiger partial charge in [-0.25, -0.2) is 4.42 Å². The molecule has 100 valence electrons. The Bertz CT molecular complexity index is 625. The van der Waals surface area contributed by atoms with Gasteiger partial charge in [0, 0.05) is 11.1 Å². The summed E-state index contributed by atoms with van der Waals surface area (Å²) in [5, 5.41) is 1.88. The molecule has 0 N–H and O–H groups in total. The SMILES string of the molecule is CC(C)(C)C1CCc2[o+]c3ccc(Cl)cc3cc2C1. The molecule has 0 fully saturated rings. The molecular formula is C17H20ClO+. The van der Waals surface area contributed by atoms with Crippen LogP contribution in [0.5, 0.6) is 0 Å². The molecule has 3 rings (SSSR count). The Hall–Kier alpha value is -1.08. The fraction of sp³-hybridized carbons (Fsp3) is 0.471. The zero-order valence-electron chi connectivity index (χ0n) is 11.8. The van der Waals surface area contributed by atoms with Crippen molar-refractivity contribution in [3.05, 3.63) is 40.6 Å². The second-order valence-corrected chi connectivity index (χ2v) is 7.12. The largest absolute Gasteiger partial charge is 0.360 e. The van der Waals surface area contributed by atoms with Gasteiger partial charge < -0.3 is 0 Å². The highest BCUT2D eigenvalue weighted by atomic mass is 35.5. The van der Waals surface area contributed by atoms with Crippen molar-refractivity contribution >= 4 is 22.6 Å². The molecule has 1 aromatic carbocycles. The average molecular weight is 276 g/mol. The molecule has 19 heavy (non-hydrogen) atoms. The first kappa shape index (κ1) is 12.9. The van der Waals surface area contributed by atoms with Gasteiger partial charge in [0.2, 0.25) is 0 Å². The van der Waals surface area contributed by atoms with Crippen molar-refractivity contribution < 1.29 is 4.42 Å². The summed E-state index contributed by atoms with van der Waals surface area (Å²) in [6, 6.07) is 8.10. The minimum atomic E-state index is 0.362. The summed E-state index contributed by atoms with van der Waals surface area (Å²) >= 11 is 6.06. The van der Waals surface area contributed by atoms with Gasteiger partial charge in [0.1, 0.15) is 0 Å². The lowest BCUT2D eigenvalue weighted by Gasteiger charge is -2.32. The Balaban J connectivity index is 2.04. The smallest absolute Gasteiger partial charge is 0.212 e. The Morgan fingerprint density at radius 2 is 2.00 bits per heavy atom. The predicted octanol–water partition coefficient (Wildman–Crippen LogP) is 5.52. The van der Waals surface area contributed by atoms with Crippen LogP contribution in [0.25, 0.3) is 11.0 Å². The van der Waals surface area contributed by atoms with E-state index >= 15 is 0 Å². The van der Waals surface area contributed by atoms with E-state index in [0.717, 1.165) is 40.5 Å². The fourth-order valence-corrected chi connectivity index (χ4v) is 3.17. The molecule has 1 nitrogen and oxygen atoms in total. The molecule has 2 aromatic rings. The second-order valence-electron chi connectivity index (χ2n) is 6.68. The van der Waals surface area contributed by atoms with Gasteiger partial charge in [0.25, 0.3) is 0 Å². The number of rotatable bonds is 0. The maximum atomic E-state index is 6.06. The van der Waals surface area contributed by atoms with E-state index in [0.29, 0.717) is 5.41 Å². The minimum absolute atomic E-state index is 0.362. The van der Waals surface area contributed by atoms with Gasteiger partial charge in [-0.05, 0) is 42.4 Å². The number of benzene rings is 1. The van der Waals surface area contributed by atoms with Gasteiger partial charge in [-0.1, -0.05) is 32.4 Å². The zero-order valence-corrected chi connectivity index (χ0v) is 12.6. The molecule has 0 saturated heterocycles. The first-order chi connectivity index (χ1) is 8.93. The zero-order chi connectivity index (χ0) is 13.6. The number of aryl methyl sites for hydroxylation is 1. The molecule has 0 spiro atoms. The Morgan fingerprint density at radius 3 is 2.74 bits per heavy atom. The van der Waals surface area contributed by atoms with Crippen molar-refractivity contribution in [2.24, 2.45) is 11.3 Å². The maximum Gasteiger partial charge on any atom is 0.360 e. The van der Waals surface area contributed by atoms with E-state index in [1.807, 2.05) is 18.2 Å². The maximum absolute atomic E-state index is 6.06. The monoisotopic (exact) mass is 275 g/mol. The molecule has 2 heteroatoms. The highest BCUT2D eigenvalue weighted by Gasteiger charge is 2.33. The van der Waals surface area contributed by atoms with E-state index in [2.05, 4.69) is 26.8 Å². The van der Waals surface area contributed by atoms with Crippen molar-refractivity contribution in [3.63, 3.8) is 0 Å². The van der Waals surface area contributed by atoms with Crippen LogP contribution in [0.4, 0.5) is 0 Å². The van der Waals surface area contributed by atoms with Crippen LogP contribution in [0.3, 0.4) is 0 Å². The third-order valence-electron chi connectivity index (χ3n) is 4.30. The molecule has 0 radical (unpaired) electrons. The second kappa shape index (κ2) is 4.49.